The highest BCUT2D eigenvalue weighted by atomic mass is 35.5. The van der Waals surface area contributed by atoms with Gasteiger partial charge in [0.25, 0.3) is 15.9 Å². The first-order valence-electron chi connectivity index (χ1n) is 9.62. The van der Waals surface area contributed by atoms with Gasteiger partial charge in [-0.25, -0.2) is 12.8 Å². The van der Waals surface area contributed by atoms with Crippen molar-refractivity contribution in [1.82, 2.24) is 5.32 Å². The minimum Gasteiger partial charge on any atom is -0.380 e. The molecule has 6 nitrogen and oxygen atoms in total. The standard InChI is InChI=1S/C23H22ClFN2O4S/c1-27(19-9-7-18(25)8-10-19)32(29,30)20-11-12-22(24)21(13-20)23(28)26-14-16-5-3-4-6-17(16)15-31-2/h3-13H,14-15H2,1-2H3,(H,26,28). The molecular formula is C23H22ClFN2O4S. The monoisotopic (exact) mass is 476 g/mol. The van der Waals surface area contributed by atoms with E-state index in [2.05, 4.69) is 5.32 Å². The van der Waals surface area contributed by atoms with Crippen molar-refractivity contribution < 1.29 is 22.3 Å². The van der Waals surface area contributed by atoms with Crippen molar-refractivity contribution in [2.24, 2.45) is 0 Å². The van der Waals surface area contributed by atoms with Crippen molar-refractivity contribution in [3.8, 4) is 0 Å². The Morgan fingerprint density at radius 3 is 2.38 bits per heavy atom. The van der Waals surface area contributed by atoms with Gasteiger partial charge >= 0.3 is 0 Å². The van der Waals surface area contributed by atoms with Gasteiger partial charge in [-0.3, -0.25) is 9.10 Å². The number of halogens is 2. The maximum absolute atomic E-state index is 13.2. The smallest absolute Gasteiger partial charge is 0.264 e. The van der Waals surface area contributed by atoms with E-state index in [0.717, 1.165) is 15.4 Å². The van der Waals surface area contributed by atoms with Crippen LogP contribution in [0, 0.1) is 5.82 Å². The summed E-state index contributed by atoms with van der Waals surface area (Å²) in [4.78, 5) is 12.7. The number of methoxy groups -OCH3 is 1. The molecule has 1 N–H and O–H groups in total. The van der Waals surface area contributed by atoms with Crippen LogP contribution in [0.4, 0.5) is 10.1 Å². The lowest BCUT2D eigenvalue weighted by atomic mass is 10.1. The Morgan fingerprint density at radius 1 is 1.06 bits per heavy atom. The highest BCUT2D eigenvalue weighted by Gasteiger charge is 2.24. The van der Waals surface area contributed by atoms with Gasteiger partial charge in [0.05, 0.1) is 27.8 Å². The summed E-state index contributed by atoms with van der Waals surface area (Å²) in [7, 11) is -1.06. The number of anilines is 1. The predicted octanol–water partition coefficient (Wildman–Crippen LogP) is 4.38. The molecule has 0 bridgehead atoms. The van der Waals surface area contributed by atoms with Crippen LogP contribution < -0.4 is 9.62 Å². The van der Waals surface area contributed by atoms with Crippen LogP contribution in [0.15, 0.2) is 71.6 Å². The van der Waals surface area contributed by atoms with Gasteiger partial charge in [0.2, 0.25) is 0 Å². The number of amides is 1. The molecule has 3 aromatic rings. The summed E-state index contributed by atoms with van der Waals surface area (Å²) in [5.74, 6) is -0.985. The molecule has 0 radical (unpaired) electrons. The molecular weight excluding hydrogens is 455 g/mol. The second-order valence-electron chi connectivity index (χ2n) is 6.98. The second kappa shape index (κ2) is 10.1. The second-order valence-corrected chi connectivity index (χ2v) is 9.35. The van der Waals surface area contributed by atoms with Crippen LogP contribution in [-0.4, -0.2) is 28.5 Å². The first-order chi connectivity index (χ1) is 15.2. The van der Waals surface area contributed by atoms with Gasteiger partial charge in [0.1, 0.15) is 5.82 Å². The zero-order valence-corrected chi connectivity index (χ0v) is 19.1. The number of sulfonamides is 1. The van der Waals surface area contributed by atoms with E-state index in [1.807, 2.05) is 24.3 Å². The van der Waals surface area contributed by atoms with Gasteiger partial charge in [-0.05, 0) is 53.6 Å². The summed E-state index contributed by atoms with van der Waals surface area (Å²) in [6, 6.07) is 16.5. The van der Waals surface area contributed by atoms with Crippen molar-refractivity contribution >= 4 is 33.2 Å². The zero-order valence-electron chi connectivity index (χ0n) is 17.5. The summed E-state index contributed by atoms with van der Waals surface area (Å²) < 4.78 is 45.5. The van der Waals surface area contributed by atoms with E-state index in [1.54, 1.807) is 7.11 Å². The summed E-state index contributed by atoms with van der Waals surface area (Å²) in [6.07, 6.45) is 0. The average Bonchev–Trinajstić information content (AvgIpc) is 2.78. The Balaban J connectivity index is 1.83. The fourth-order valence-corrected chi connectivity index (χ4v) is 4.51. The Hall–Kier alpha value is -2.94. The zero-order chi connectivity index (χ0) is 23.3. The summed E-state index contributed by atoms with van der Waals surface area (Å²) in [6.45, 7) is 0.622. The highest BCUT2D eigenvalue weighted by molar-refractivity contribution is 7.92. The van der Waals surface area contributed by atoms with Crippen molar-refractivity contribution in [3.05, 3.63) is 94.3 Å². The Kier molecular flexibility index (Phi) is 7.50. The molecule has 0 aliphatic carbocycles. The van der Waals surface area contributed by atoms with Gasteiger partial charge < -0.3 is 10.1 Å². The molecule has 0 aliphatic rings. The SMILES string of the molecule is COCc1ccccc1CNC(=O)c1cc(S(=O)(=O)N(C)c2ccc(F)cc2)ccc1Cl. The third-order valence-electron chi connectivity index (χ3n) is 4.89. The van der Waals surface area contributed by atoms with Crippen LogP contribution in [0.3, 0.4) is 0 Å². The molecule has 0 aliphatic heterocycles. The molecule has 0 aromatic heterocycles. The molecule has 0 atom stereocenters. The van der Waals surface area contributed by atoms with Crippen molar-refractivity contribution in [2.75, 3.05) is 18.5 Å². The average molecular weight is 477 g/mol. The Bertz CT molecular complexity index is 1220. The molecule has 0 unspecified atom stereocenters. The molecule has 0 saturated heterocycles. The molecule has 1 amide bonds. The van der Waals surface area contributed by atoms with Gasteiger partial charge in [0, 0.05) is 20.7 Å². The molecule has 168 valence electrons. The van der Waals surface area contributed by atoms with Gasteiger partial charge in [-0.1, -0.05) is 35.9 Å². The van der Waals surface area contributed by atoms with Crippen LogP contribution in [-0.2, 0) is 27.9 Å². The van der Waals surface area contributed by atoms with Crippen LogP contribution in [0.25, 0.3) is 0 Å². The highest BCUT2D eigenvalue weighted by Crippen LogP contribution is 2.26. The number of nitrogens with one attached hydrogen (secondary N) is 1. The first-order valence-corrected chi connectivity index (χ1v) is 11.4. The minimum atomic E-state index is -4.00. The fraction of sp³-hybridized carbons (Fsp3) is 0.174. The van der Waals surface area contributed by atoms with Crippen molar-refractivity contribution in [1.29, 1.82) is 0 Å². The van der Waals surface area contributed by atoms with Crippen molar-refractivity contribution in [2.45, 2.75) is 18.0 Å². The molecule has 0 heterocycles. The van der Waals surface area contributed by atoms with Crippen LogP contribution in [0.1, 0.15) is 21.5 Å². The van der Waals surface area contributed by atoms with E-state index in [0.29, 0.717) is 6.61 Å². The van der Waals surface area contributed by atoms with E-state index >= 15 is 0 Å². The molecule has 32 heavy (non-hydrogen) atoms. The van der Waals surface area contributed by atoms with E-state index in [-0.39, 0.29) is 27.7 Å². The normalized spacial score (nSPS) is 11.2. The van der Waals surface area contributed by atoms with Crippen LogP contribution in [0.2, 0.25) is 5.02 Å². The molecule has 0 saturated carbocycles. The third-order valence-corrected chi connectivity index (χ3v) is 7.00. The third kappa shape index (κ3) is 5.27. The lowest BCUT2D eigenvalue weighted by molar-refractivity contribution is 0.0950. The lowest BCUT2D eigenvalue weighted by Crippen LogP contribution is -2.28. The quantitative estimate of drug-likeness (QED) is 0.523. The number of carbonyl (C=O) groups is 1. The predicted molar refractivity (Wildman–Crippen MR) is 122 cm³/mol. The molecule has 0 spiro atoms. The van der Waals surface area contributed by atoms with Crippen molar-refractivity contribution in [3.63, 3.8) is 0 Å². The minimum absolute atomic E-state index is 0.0319. The molecule has 3 rings (SSSR count). The maximum atomic E-state index is 13.2. The first kappa shape index (κ1) is 23.7. The maximum Gasteiger partial charge on any atom is 0.264 e. The van der Waals surface area contributed by atoms with E-state index < -0.39 is 21.7 Å². The lowest BCUT2D eigenvalue weighted by Gasteiger charge is -2.20. The number of ether oxygens (including phenoxy) is 1. The number of hydrogen-bond donors (Lipinski definition) is 1. The largest absolute Gasteiger partial charge is 0.380 e. The van der Waals surface area contributed by atoms with Gasteiger partial charge in [-0.15, -0.1) is 0 Å². The molecule has 3 aromatic carbocycles. The number of carbonyl (C=O) groups excluding carboxylic acids is 1. The van der Waals surface area contributed by atoms with Gasteiger partial charge in [0.15, 0.2) is 0 Å². The Labute approximate surface area is 191 Å². The number of rotatable bonds is 8. The summed E-state index contributed by atoms with van der Waals surface area (Å²) in [5, 5.41) is 2.89. The fourth-order valence-electron chi connectivity index (χ4n) is 3.08. The number of benzene rings is 3. The summed E-state index contributed by atoms with van der Waals surface area (Å²) in [5.41, 5.74) is 2.11. The van der Waals surface area contributed by atoms with E-state index in [9.17, 15) is 17.6 Å². The molecule has 9 heteroatoms. The van der Waals surface area contributed by atoms with Gasteiger partial charge in [-0.2, -0.15) is 0 Å². The Morgan fingerprint density at radius 2 is 1.72 bits per heavy atom. The topological polar surface area (TPSA) is 75.7 Å². The van der Waals surface area contributed by atoms with Crippen LogP contribution >= 0.6 is 11.6 Å². The van der Waals surface area contributed by atoms with Crippen LogP contribution in [0.5, 0.6) is 0 Å². The van der Waals surface area contributed by atoms with E-state index in [4.69, 9.17) is 16.3 Å². The summed E-state index contributed by atoms with van der Waals surface area (Å²) >= 11 is 6.19. The number of hydrogen-bond acceptors (Lipinski definition) is 4. The molecule has 0 fully saturated rings. The number of nitrogens with zero attached hydrogens (tertiary/aromatic N) is 1. The van der Waals surface area contributed by atoms with E-state index in [1.165, 1.54) is 49.5 Å².